The fraction of sp³-hybridized carbons (Fsp3) is 0.909. The molecule has 1 aliphatic rings. The number of hydrogen-bond donors (Lipinski definition) is 2. The number of alkyl halides is 2. The minimum absolute atomic E-state index is 0.268. The summed E-state index contributed by atoms with van der Waals surface area (Å²) >= 11 is 0. The third-order valence-electron chi connectivity index (χ3n) is 2.66. The first-order valence-corrected chi connectivity index (χ1v) is 5.71. The van der Waals surface area contributed by atoms with Crippen LogP contribution in [0.3, 0.4) is 0 Å². The van der Waals surface area contributed by atoms with Gasteiger partial charge in [0.05, 0.1) is 31.7 Å². The number of hydrogen-bond acceptors (Lipinski definition) is 4. The molecule has 1 amide bonds. The molecule has 7 heteroatoms. The van der Waals surface area contributed by atoms with E-state index in [4.69, 9.17) is 9.84 Å². The number of β-amino-alcohol motifs (C(OH)–C–C–N with tert-alkyl or cyclic N) is 1. The van der Waals surface area contributed by atoms with Crippen molar-refractivity contribution in [1.82, 2.24) is 4.90 Å². The number of aliphatic hydroxyl groups is 2. The van der Waals surface area contributed by atoms with E-state index in [1.165, 1.54) is 0 Å². The third-order valence-corrected chi connectivity index (χ3v) is 2.66. The predicted molar refractivity (Wildman–Crippen MR) is 59.3 cm³/mol. The smallest absolute Gasteiger partial charge is 0.410 e. The van der Waals surface area contributed by atoms with Gasteiger partial charge in [0.1, 0.15) is 5.60 Å². The molecule has 5 nitrogen and oxygen atoms in total. The average molecular weight is 267 g/mol. The van der Waals surface area contributed by atoms with Crippen LogP contribution in [-0.2, 0) is 4.74 Å². The summed E-state index contributed by atoms with van der Waals surface area (Å²) < 4.78 is 32.2. The summed E-state index contributed by atoms with van der Waals surface area (Å²) in [7, 11) is 0. The molecule has 0 bridgehead atoms. The number of nitrogens with zero attached hydrogens (tertiary/aromatic N) is 1. The van der Waals surface area contributed by atoms with Crippen LogP contribution in [0.5, 0.6) is 0 Å². The first kappa shape index (κ1) is 15.1. The van der Waals surface area contributed by atoms with E-state index < -0.39 is 42.8 Å². The fourth-order valence-electron chi connectivity index (χ4n) is 1.79. The molecule has 2 atom stereocenters. The normalized spacial score (nSPS) is 28.1. The van der Waals surface area contributed by atoms with Crippen molar-refractivity contribution in [2.24, 2.45) is 5.92 Å². The standard InChI is InChI=1S/C11H19F2NO4/c1-10(2,3)18-9(17)14-4-8(16)7(5-15)11(12,13)6-14/h7-8,15-16H,4-6H2,1-3H3. The summed E-state index contributed by atoms with van der Waals surface area (Å²) in [6.07, 6.45) is -2.36. The van der Waals surface area contributed by atoms with Gasteiger partial charge in [-0.15, -0.1) is 0 Å². The quantitative estimate of drug-likeness (QED) is 0.738. The van der Waals surface area contributed by atoms with E-state index in [9.17, 15) is 18.7 Å². The Morgan fingerprint density at radius 3 is 2.44 bits per heavy atom. The van der Waals surface area contributed by atoms with Crippen molar-refractivity contribution in [1.29, 1.82) is 0 Å². The van der Waals surface area contributed by atoms with Crippen LogP contribution in [0.1, 0.15) is 20.8 Å². The summed E-state index contributed by atoms with van der Waals surface area (Å²) in [4.78, 5) is 12.4. The van der Waals surface area contributed by atoms with Gasteiger partial charge in [0.25, 0.3) is 5.92 Å². The zero-order valence-electron chi connectivity index (χ0n) is 10.7. The molecule has 0 aliphatic carbocycles. The number of carbonyl (C=O) groups is 1. The lowest BCUT2D eigenvalue weighted by Crippen LogP contribution is -2.59. The first-order chi connectivity index (χ1) is 8.07. The zero-order chi connectivity index (χ0) is 14.1. The van der Waals surface area contributed by atoms with Crippen molar-refractivity contribution >= 4 is 6.09 Å². The van der Waals surface area contributed by atoms with E-state index in [1.807, 2.05) is 0 Å². The lowest BCUT2D eigenvalue weighted by Gasteiger charge is -2.40. The molecule has 0 aromatic carbocycles. The number of piperidine rings is 1. The number of likely N-dealkylation sites (tertiary alicyclic amines) is 1. The molecule has 0 aromatic rings. The first-order valence-electron chi connectivity index (χ1n) is 5.71. The number of amides is 1. The number of aliphatic hydroxyl groups excluding tert-OH is 2. The number of carbonyl (C=O) groups excluding carboxylic acids is 1. The lowest BCUT2D eigenvalue weighted by atomic mass is 9.91. The van der Waals surface area contributed by atoms with E-state index in [1.54, 1.807) is 20.8 Å². The van der Waals surface area contributed by atoms with Gasteiger partial charge < -0.3 is 14.9 Å². The molecule has 18 heavy (non-hydrogen) atoms. The highest BCUT2D eigenvalue weighted by atomic mass is 19.3. The molecule has 2 N–H and O–H groups in total. The van der Waals surface area contributed by atoms with Crippen molar-refractivity contribution in [3.63, 3.8) is 0 Å². The fourth-order valence-corrected chi connectivity index (χ4v) is 1.79. The minimum atomic E-state index is -3.33. The highest BCUT2D eigenvalue weighted by Gasteiger charge is 2.50. The molecular formula is C11H19F2NO4. The SMILES string of the molecule is CC(C)(C)OC(=O)N1CC(O)C(CO)C(F)(F)C1. The summed E-state index contributed by atoms with van der Waals surface area (Å²) in [6, 6.07) is 0. The van der Waals surface area contributed by atoms with Crippen LogP contribution < -0.4 is 0 Å². The Morgan fingerprint density at radius 2 is 2.06 bits per heavy atom. The van der Waals surface area contributed by atoms with Gasteiger partial charge in [0.2, 0.25) is 0 Å². The van der Waals surface area contributed by atoms with Crippen molar-refractivity contribution in [3.05, 3.63) is 0 Å². The van der Waals surface area contributed by atoms with Crippen molar-refractivity contribution in [3.8, 4) is 0 Å². The van der Waals surface area contributed by atoms with Crippen LogP contribution in [0.4, 0.5) is 13.6 Å². The van der Waals surface area contributed by atoms with Gasteiger partial charge in [0.15, 0.2) is 0 Å². The highest BCUT2D eigenvalue weighted by molar-refractivity contribution is 5.68. The van der Waals surface area contributed by atoms with Crippen LogP contribution in [0.15, 0.2) is 0 Å². The lowest BCUT2D eigenvalue weighted by molar-refractivity contribution is -0.166. The van der Waals surface area contributed by atoms with Crippen LogP contribution in [-0.4, -0.2) is 58.5 Å². The Bertz CT molecular complexity index is 317. The Hall–Kier alpha value is -0.950. The molecule has 0 spiro atoms. The molecule has 1 saturated heterocycles. The van der Waals surface area contributed by atoms with Crippen LogP contribution >= 0.6 is 0 Å². The Balaban J connectivity index is 2.74. The topological polar surface area (TPSA) is 70.0 Å². The zero-order valence-corrected chi connectivity index (χ0v) is 10.7. The largest absolute Gasteiger partial charge is 0.444 e. The molecule has 0 radical (unpaired) electrons. The maximum atomic E-state index is 13.6. The van der Waals surface area contributed by atoms with Gasteiger partial charge in [-0.1, -0.05) is 0 Å². The third kappa shape index (κ3) is 3.52. The second kappa shape index (κ2) is 4.97. The molecule has 1 rings (SSSR count). The van der Waals surface area contributed by atoms with Gasteiger partial charge in [0, 0.05) is 0 Å². The van der Waals surface area contributed by atoms with Crippen molar-refractivity contribution in [2.75, 3.05) is 19.7 Å². The number of halogens is 2. The second-order valence-corrected chi connectivity index (χ2v) is 5.48. The van der Waals surface area contributed by atoms with E-state index in [0.29, 0.717) is 0 Å². The maximum Gasteiger partial charge on any atom is 0.410 e. The van der Waals surface area contributed by atoms with E-state index in [2.05, 4.69) is 0 Å². The van der Waals surface area contributed by atoms with E-state index in [0.717, 1.165) is 4.90 Å². The molecule has 1 aliphatic heterocycles. The van der Waals surface area contributed by atoms with Crippen LogP contribution in [0, 0.1) is 5.92 Å². The summed E-state index contributed by atoms with van der Waals surface area (Å²) in [5, 5.41) is 18.4. The van der Waals surface area contributed by atoms with Gasteiger partial charge >= 0.3 is 6.09 Å². The van der Waals surface area contributed by atoms with Crippen LogP contribution in [0.25, 0.3) is 0 Å². The van der Waals surface area contributed by atoms with Crippen molar-refractivity contribution in [2.45, 2.75) is 38.4 Å². The Kier molecular flexibility index (Phi) is 4.17. The molecular weight excluding hydrogens is 248 g/mol. The predicted octanol–water partition coefficient (Wildman–Crippen LogP) is 0.842. The summed E-state index contributed by atoms with van der Waals surface area (Å²) in [5.41, 5.74) is -0.787. The number of rotatable bonds is 1. The molecule has 2 unspecified atom stereocenters. The number of ether oxygens (including phenoxy) is 1. The monoisotopic (exact) mass is 267 g/mol. The Labute approximate surface area is 104 Å². The maximum absolute atomic E-state index is 13.6. The molecule has 1 heterocycles. The molecule has 1 fully saturated rings. The van der Waals surface area contributed by atoms with Gasteiger partial charge in [-0.25, -0.2) is 13.6 Å². The van der Waals surface area contributed by atoms with Gasteiger partial charge in [-0.3, -0.25) is 4.90 Å². The summed E-state index contributed by atoms with van der Waals surface area (Å²) in [6.45, 7) is 2.93. The van der Waals surface area contributed by atoms with Gasteiger partial charge in [-0.2, -0.15) is 0 Å². The average Bonchev–Trinajstić information content (AvgIpc) is 2.12. The Morgan fingerprint density at radius 1 is 1.50 bits per heavy atom. The van der Waals surface area contributed by atoms with Crippen molar-refractivity contribution < 1.29 is 28.5 Å². The second-order valence-electron chi connectivity index (χ2n) is 5.48. The molecule has 0 saturated carbocycles. The van der Waals surface area contributed by atoms with E-state index >= 15 is 0 Å². The summed E-state index contributed by atoms with van der Waals surface area (Å²) in [5.74, 6) is -4.88. The minimum Gasteiger partial charge on any atom is -0.444 e. The van der Waals surface area contributed by atoms with Gasteiger partial charge in [-0.05, 0) is 20.8 Å². The van der Waals surface area contributed by atoms with E-state index in [-0.39, 0.29) is 6.54 Å². The highest BCUT2D eigenvalue weighted by Crippen LogP contribution is 2.33. The molecule has 106 valence electrons. The molecule has 0 aromatic heterocycles. The van der Waals surface area contributed by atoms with Crippen LogP contribution in [0.2, 0.25) is 0 Å².